The molecular formula is C16H12N2O3. The molecule has 0 N–H and O–H groups in total. The number of aromatic nitrogens is 1. The van der Waals surface area contributed by atoms with E-state index in [1.165, 1.54) is 19.1 Å². The van der Waals surface area contributed by atoms with Crippen molar-refractivity contribution in [2.24, 2.45) is 0 Å². The summed E-state index contributed by atoms with van der Waals surface area (Å²) in [5.41, 5.74) is 2.32. The van der Waals surface area contributed by atoms with E-state index in [1.807, 2.05) is 30.3 Å². The summed E-state index contributed by atoms with van der Waals surface area (Å²) in [7, 11) is 0. The Morgan fingerprint density at radius 2 is 1.81 bits per heavy atom. The van der Waals surface area contributed by atoms with Gasteiger partial charge in [0.25, 0.3) is 5.69 Å². The standard InChI is InChI=1S/C16H12N2O3/c1-11(19)17-15-8-7-14(18(20)21)9-13(15)10-16(17)12-5-3-2-4-6-12/h2-10H,1H3. The minimum absolute atomic E-state index is 0.0165. The highest BCUT2D eigenvalue weighted by Crippen LogP contribution is 2.30. The fraction of sp³-hybridized carbons (Fsp3) is 0.0625. The van der Waals surface area contributed by atoms with Crippen molar-refractivity contribution in [1.29, 1.82) is 0 Å². The van der Waals surface area contributed by atoms with Crippen LogP contribution in [0.3, 0.4) is 0 Å². The molecule has 0 saturated heterocycles. The van der Waals surface area contributed by atoms with Gasteiger partial charge in [-0.05, 0) is 17.7 Å². The zero-order valence-electron chi connectivity index (χ0n) is 11.3. The third-order valence-electron chi connectivity index (χ3n) is 3.38. The third kappa shape index (κ3) is 2.18. The summed E-state index contributed by atoms with van der Waals surface area (Å²) in [5.74, 6) is -0.127. The molecule has 0 atom stereocenters. The van der Waals surface area contributed by atoms with Crippen LogP contribution < -0.4 is 0 Å². The first-order valence-electron chi connectivity index (χ1n) is 6.44. The zero-order chi connectivity index (χ0) is 15.0. The van der Waals surface area contributed by atoms with E-state index in [0.29, 0.717) is 10.9 Å². The van der Waals surface area contributed by atoms with E-state index in [0.717, 1.165) is 11.3 Å². The van der Waals surface area contributed by atoms with Crippen molar-refractivity contribution in [2.75, 3.05) is 0 Å². The van der Waals surface area contributed by atoms with Crippen LogP contribution in [0.15, 0.2) is 54.6 Å². The van der Waals surface area contributed by atoms with Gasteiger partial charge in [-0.25, -0.2) is 0 Å². The number of rotatable bonds is 2. The normalized spacial score (nSPS) is 10.7. The molecule has 0 amide bonds. The molecule has 0 radical (unpaired) electrons. The molecule has 21 heavy (non-hydrogen) atoms. The van der Waals surface area contributed by atoms with Gasteiger partial charge in [0.05, 0.1) is 16.1 Å². The molecule has 3 rings (SSSR count). The Morgan fingerprint density at radius 3 is 2.43 bits per heavy atom. The van der Waals surface area contributed by atoms with Crippen LogP contribution in [0.2, 0.25) is 0 Å². The van der Waals surface area contributed by atoms with Crippen LogP contribution in [-0.4, -0.2) is 15.4 Å². The van der Waals surface area contributed by atoms with Gasteiger partial charge in [0.1, 0.15) is 0 Å². The Kier molecular flexibility index (Phi) is 3.02. The molecule has 5 nitrogen and oxygen atoms in total. The lowest BCUT2D eigenvalue weighted by molar-refractivity contribution is -0.384. The van der Waals surface area contributed by atoms with Crippen molar-refractivity contribution in [3.05, 3.63) is 64.7 Å². The molecule has 3 aromatic rings. The number of carbonyl (C=O) groups excluding carboxylic acids is 1. The van der Waals surface area contributed by atoms with Gasteiger partial charge in [-0.15, -0.1) is 0 Å². The van der Waals surface area contributed by atoms with Crippen molar-refractivity contribution >= 4 is 22.5 Å². The second-order valence-electron chi connectivity index (χ2n) is 4.75. The molecule has 0 spiro atoms. The third-order valence-corrected chi connectivity index (χ3v) is 3.38. The molecule has 0 aliphatic heterocycles. The topological polar surface area (TPSA) is 65.1 Å². The molecule has 1 aromatic heterocycles. The maximum absolute atomic E-state index is 12.0. The Labute approximate surface area is 120 Å². The second-order valence-corrected chi connectivity index (χ2v) is 4.75. The highest BCUT2D eigenvalue weighted by atomic mass is 16.6. The second kappa shape index (κ2) is 4.86. The molecular weight excluding hydrogens is 268 g/mol. The minimum Gasteiger partial charge on any atom is -0.280 e. The first-order valence-corrected chi connectivity index (χ1v) is 6.44. The van der Waals surface area contributed by atoms with Gasteiger partial charge < -0.3 is 0 Å². The number of hydrogen-bond acceptors (Lipinski definition) is 3. The lowest BCUT2D eigenvalue weighted by atomic mass is 10.1. The Bertz CT molecular complexity index is 851. The zero-order valence-corrected chi connectivity index (χ0v) is 11.3. The van der Waals surface area contributed by atoms with E-state index in [1.54, 1.807) is 16.7 Å². The smallest absolute Gasteiger partial charge is 0.270 e. The highest BCUT2D eigenvalue weighted by molar-refractivity contribution is 5.98. The molecule has 5 heteroatoms. The van der Waals surface area contributed by atoms with Crippen molar-refractivity contribution in [3.63, 3.8) is 0 Å². The molecule has 0 fully saturated rings. The van der Waals surface area contributed by atoms with Crippen molar-refractivity contribution < 1.29 is 9.72 Å². The van der Waals surface area contributed by atoms with E-state index in [9.17, 15) is 14.9 Å². The summed E-state index contributed by atoms with van der Waals surface area (Å²) in [6.07, 6.45) is 0. The Balaban J connectivity index is 2.31. The number of non-ortho nitro benzene ring substituents is 1. The summed E-state index contributed by atoms with van der Waals surface area (Å²) in [5, 5.41) is 11.6. The quantitative estimate of drug-likeness (QED) is 0.528. The van der Waals surface area contributed by atoms with Crippen LogP contribution in [0.25, 0.3) is 22.2 Å². The lowest BCUT2D eigenvalue weighted by Crippen LogP contribution is -2.06. The van der Waals surface area contributed by atoms with E-state index in [2.05, 4.69) is 0 Å². The van der Waals surface area contributed by atoms with Crippen LogP contribution >= 0.6 is 0 Å². The number of carbonyl (C=O) groups is 1. The number of nitrogens with zero attached hydrogens (tertiary/aromatic N) is 2. The van der Waals surface area contributed by atoms with E-state index >= 15 is 0 Å². The van der Waals surface area contributed by atoms with Crippen LogP contribution in [-0.2, 0) is 0 Å². The molecule has 0 saturated carbocycles. The number of fused-ring (bicyclic) bond motifs is 1. The number of hydrogen-bond donors (Lipinski definition) is 0. The van der Waals surface area contributed by atoms with Gasteiger partial charge in [-0.1, -0.05) is 30.3 Å². The SMILES string of the molecule is CC(=O)n1c(-c2ccccc2)cc2cc([N+](=O)[O-])ccc21. The maximum Gasteiger partial charge on any atom is 0.270 e. The molecule has 2 aromatic carbocycles. The van der Waals surface area contributed by atoms with Crippen molar-refractivity contribution in [3.8, 4) is 11.3 Å². The van der Waals surface area contributed by atoms with Crippen molar-refractivity contribution in [2.45, 2.75) is 6.92 Å². The van der Waals surface area contributed by atoms with Crippen LogP contribution in [0.1, 0.15) is 11.7 Å². The van der Waals surface area contributed by atoms with Gasteiger partial charge in [0, 0.05) is 24.4 Å². The van der Waals surface area contributed by atoms with Crippen LogP contribution in [0.5, 0.6) is 0 Å². The summed E-state index contributed by atoms with van der Waals surface area (Å²) in [6.45, 7) is 1.48. The first-order chi connectivity index (χ1) is 10.1. The number of benzene rings is 2. The van der Waals surface area contributed by atoms with E-state index in [-0.39, 0.29) is 11.6 Å². The monoisotopic (exact) mass is 280 g/mol. The van der Waals surface area contributed by atoms with Gasteiger partial charge in [0.15, 0.2) is 0 Å². The van der Waals surface area contributed by atoms with Gasteiger partial charge in [-0.2, -0.15) is 0 Å². The molecule has 0 aliphatic rings. The first kappa shape index (κ1) is 13.1. The summed E-state index contributed by atoms with van der Waals surface area (Å²) < 4.78 is 1.58. The highest BCUT2D eigenvalue weighted by Gasteiger charge is 2.16. The fourth-order valence-electron chi connectivity index (χ4n) is 2.48. The molecule has 1 heterocycles. The number of nitro groups is 1. The molecule has 0 aliphatic carbocycles. The minimum atomic E-state index is -0.438. The van der Waals surface area contributed by atoms with E-state index in [4.69, 9.17) is 0 Å². The summed E-state index contributed by atoms with van der Waals surface area (Å²) in [6, 6.07) is 15.8. The van der Waals surface area contributed by atoms with Crippen molar-refractivity contribution in [1.82, 2.24) is 4.57 Å². The lowest BCUT2D eigenvalue weighted by Gasteiger charge is -2.06. The maximum atomic E-state index is 12.0. The Morgan fingerprint density at radius 1 is 1.10 bits per heavy atom. The van der Waals surface area contributed by atoms with E-state index < -0.39 is 4.92 Å². The largest absolute Gasteiger partial charge is 0.280 e. The molecule has 0 unspecified atom stereocenters. The predicted octanol–water partition coefficient (Wildman–Crippen LogP) is 3.88. The van der Waals surface area contributed by atoms with Crippen LogP contribution in [0, 0.1) is 10.1 Å². The average molecular weight is 280 g/mol. The molecule has 0 bridgehead atoms. The summed E-state index contributed by atoms with van der Waals surface area (Å²) >= 11 is 0. The van der Waals surface area contributed by atoms with Crippen LogP contribution in [0.4, 0.5) is 5.69 Å². The average Bonchev–Trinajstić information content (AvgIpc) is 2.86. The molecule has 104 valence electrons. The van der Waals surface area contributed by atoms with Gasteiger partial charge in [-0.3, -0.25) is 19.5 Å². The summed E-state index contributed by atoms with van der Waals surface area (Å²) in [4.78, 5) is 22.4. The fourth-order valence-corrected chi connectivity index (χ4v) is 2.48. The Hall–Kier alpha value is -2.95. The number of nitro benzene ring substituents is 1. The predicted molar refractivity (Wildman–Crippen MR) is 80.3 cm³/mol. The van der Waals surface area contributed by atoms with Gasteiger partial charge >= 0.3 is 0 Å². The van der Waals surface area contributed by atoms with Gasteiger partial charge in [0.2, 0.25) is 5.91 Å².